The second-order valence-electron chi connectivity index (χ2n) is 6.55. The molecule has 2 N–H and O–H groups in total. The van der Waals surface area contributed by atoms with Crippen LogP contribution >= 0.6 is 0 Å². The minimum atomic E-state index is 0.571. The summed E-state index contributed by atoms with van der Waals surface area (Å²) < 4.78 is 5.83. The zero-order valence-electron chi connectivity index (χ0n) is 16.3. The first-order valence-electron chi connectivity index (χ1n) is 9.65. The van der Waals surface area contributed by atoms with Crippen LogP contribution in [0.15, 0.2) is 79.5 Å². The Labute approximate surface area is 167 Å². The highest BCUT2D eigenvalue weighted by atomic mass is 16.5. The molecule has 0 spiro atoms. The maximum absolute atomic E-state index is 5.83. The first-order chi connectivity index (χ1) is 13.7. The van der Waals surface area contributed by atoms with Crippen molar-refractivity contribution in [3.8, 4) is 11.6 Å². The Morgan fingerprint density at radius 1 is 0.964 bits per heavy atom. The normalized spacial score (nSPS) is 10.5. The molecule has 1 aromatic heterocycles. The first kappa shape index (κ1) is 19.6. The third kappa shape index (κ3) is 5.96. The number of rotatable bonds is 10. The molecule has 0 saturated carbocycles. The summed E-state index contributed by atoms with van der Waals surface area (Å²) in [6, 6.07) is 22.4. The van der Waals surface area contributed by atoms with Crippen molar-refractivity contribution in [1.82, 2.24) is 15.6 Å². The van der Waals surface area contributed by atoms with E-state index in [0.29, 0.717) is 5.88 Å². The minimum absolute atomic E-state index is 0.571. The smallest absolute Gasteiger partial charge is 0.219 e. The number of pyridine rings is 1. The molecule has 0 aliphatic carbocycles. The molecule has 3 aromatic rings. The lowest BCUT2D eigenvalue weighted by Crippen LogP contribution is -2.16. The molecule has 0 bridgehead atoms. The molecule has 0 amide bonds. The average Bonchev–Trinajstić information content (AvgIpc) is 2.74. The van der Waals surface area contributed by atoms with Crippen molar-refractivity contribution in [2.45, 2.75) is 19.9 Å². The molecule has 0 saturated heterocycles. The van der Waals surface area contributed by atoms with Crippen LogP contribution in [-0.4, -0.2) is 18.1 Å². The highest BCUT2D eigenvalue weighted by Gasteiger charge is 2.02. The van der Waals surface area contributed by atoms with Crippen molar-refractivity contribution in [3.05, 3.63) is 96.2 Å². The Morgan fingerprint density at radius 3 is 2.43 bits per heavy atom. The summed E-state index contributed by atoms with van der Waals surface area (Å²) in [6.45, 7) is 8.66. The highest BCUT2D eigenvalue weighted by Crippen LogP contribution is 2.21. The van der Waals surface area contributed by atoms with E-state index in [0.717, 1.165) is 43.1 Å². The van der Waals surface area contributed by atoms with E-state index in [1.807, 2.05) is 37.3 Å². The summed E-state index contributed by atoms with van der Waals surface area (Å²) in [5, 5.41) is 6.67. The molecule has 0 atom stereocenters. The molecular weight excluding hydrogens is 346 g/mol. The zero-order valence-corrected chi connectivity index (χ0v) is 16.3. The summed E-state index contributed by atoms with van der Waals surface area (Å²) in [7, 11) is 0. The maximum Gasteiger partial charge on any atom is 0.219 e. The molecule has 4 nitrogen and oxygen atoms in total. The summed E-state index contributed by atoms with van der Waals surface area (Å²) in [5.41, 5.74) is 4.41. The van der Waals surface area contributed by atoms with Crippen molar-refractivity contribution in [1.29, 1.82) is 0 Å². The van der Waals surface area contributed by atoms with Gasteiger partial charge in [0.25, 0.3) is 0 Å². The van der Waals surface area contributed by atoms with Crippen LogP contribution in [0.1, 0.15) is 23.6 Å². The van der Waals surface area contributed by atoms with Crippen LogP contribution in [0.4, 0.5) is 0 Å². The quantitative estimate of drug-likeness (QED) is 0.502. The number of aromatic nitrogens is 1. The molecule has 0 aliphatic rings. The number of nitrogens with zero attached hydrogens (tertiary/aromatic N) is 1. The first-order valence-corrected chi connectivity index (χ1v) is 9.65. The standard InChI is InChI=1S/C24H27N3O/c1-3-26-19(2)22-11-14-24(27-18-22)28-23-12-9-21(10-13-23)17-25-16-15-20-7-5-4-6-8-20/h4-14,18,25-26H,2-3,15-17H2,1H3. The van der Waals surface area contributed by atoms with Gasteiger partial charge in [0.1, 0.15) is 5.75 Å². The van der Waals surface area contributed by atoms with Gasteiger partial charge in [-0.25, -0.2) is 4.98 Å². The summed E-state index contributed by atoms with van der Waals surface area (Å²) in [4.78, 5) is 4.35. The van der Waals surface area contributed by atoms with Crippen LogP contribution in [0, 0.1) is 0 Å². The lowest BCUT2D eigenvalue weighted by atomic mass is 10.1. The van der Waals surface area contributed by atoms with Crippen LogP contribution in [0.3, 0.4) is 0 Å². The van der Waals surface area contributed by atoms with Gasteiger partial charge in [0.15, 0.2) is 0 Å². The molecule has 28 heavy (non-hydrogen) atoms. The van der Waals surface area contributed by atoms with Crippen molar-refractivity contribution in [3.63, 3.8) is 0 Å². The Balaban J connectivity index is 1.45. The van der Waals surface area contributed by atoms with Crippen LogP contribution in [0.5, 0.6) is 11.6 Å². The van der Waals surface area contributed by atoms with E-state index in [4.69, 9.17) is 4.74 Å². The maximum atomic E-state index is 5.83. The molecular formula is C24H27N3O. The third-order valence-electron chi connectivity index (χ3n) is 4.38. The van der Waals surface area contributed by atoms with Crippen LogP contribution in [-0.2, 0) is 13.0 Å². The van der Waals surface area contributed by atoms with Gasteiger partial charge in [-0.2, -0.15) is 0 Å². The van der Waals surface area contributed by atoms with E-state index < -0.39 is 0 Å². The van der Waals surface area contributed by atoms with Crippen molar-refractivity contribution < 1.29 is 4.74 Å². The number of hydrogen-bond donors (Lipinski definition) is 2. The van der Waals surface area contributed by atoms with Crippen molar-refractivity contribution in [2.24, 2.45) is 0 Å². The van der Waals surface area contributed by atoms with Crippen LogP contribution in [0.25, 0.3) is 5.70 Å². The van der Waals surface area contributed by atoms with Crippen molar-refractivity contribution >= 4 is 5.70 Å². The largest absolute Gasteiger partial charge is 0.439 e. The highest BCUT2D eigenvalue weighted by molar-refractivity contribution is 5.60. The predicted octanol–water partition coefficient (Wildman–Crippen LogP) is 4.79. The van der Waals surface area contributed by atoms with E-state index in [9.17, 15) is 0 Å². The van der Waals surface area contributed by atoms with E-state index >= 15 is 0 Å². The third-order valence-corrected chi connectivity index (χ3v) is 4.38. The topological polar surface area (TPSA) is 46.2 Å². The Hall–Kier alpha value is -3.11. The molecule has 2 aromatic carbocycles. The second-order valence-corrected chi connectivity index (χ2v) is 6.55. The lowest BCUT2D eigenvalue weighted by Gasteiger charge is -2.09. The van der Waals surface area contributed by atoms with Gasteiger partial charge >= 0.3 is 0 Å². The van der Waals surface area contributed by atoms with Crippen molar-refractivity contribution in [2.75, 3.05) is 13.1 Å². The summed E-state index contributed by atoms with van der Waals surface area (Å²) >= 11 is 0. The molecule has 0 fully saturated rings. The van der Waals surface area contributed by atoms with Gasteiger partial charge in [-0.15, -0.1) is 0 Å². The monoisotopic (exact) mass is 373 g/mol. The fourth-order valence-electron chi connectivity index (χ4n) is 2.84. The molecule has 4 heteroatoms. The fraction of sp³-hybridized carbons (Fsp3) is 0.208. The van der Waals surface area contributed by atoms with Gasteiger partial charge in [-0.05, 0) is 49.2 Å². The van der Waals surface area contributed by atoms with E-state index in [1.54, 1.807) is 6.20 Å². The van der Waals surface area contributed by atoms with Gasteiger partial charge in [-0.1, -0.05) is 49.0 Å². The Bertz CT molecular complexity index is 859. The predicted molar refractivity (Wildman–Crippen MR) is 115 cm³/mol. The van der Waals surface area contributed by atoms with Crippen LogP contribution < -0.4 is 15.4 Å². The van der Waals surface area contributed by atoms with Gasteiger partial charge in [0, 0.05) is 36.6 Å². The minimum Gasteiger partial charge on any atom is -0.439 e. The molecule has 144 valence electrons. The molecule has 0 radical (unpaired) electrons. The summed E-state index contributed by atoms with van der Waals surface area (Å²) in [6.07, 6.45) is 2.80. The Kier molecular flexibility index (Phi) is 7.21. The number of benzene rings is 2. The lowest BCUT2D eigenvalue weighted by molar-refractivity contribution is 0.462. The SMILES string of the molecule is C=C(NCC)c1ccc(Oc2ccc(CNCCc3ccccc3)cc2)nc1. The fourth-order valence-corrected chi connectivity index (χ4v) is 2.84. The molecule has 0 aliphatic heterocycles. The van der Waals surface area contributed by atoms with E-state index in [-0.39, 0.29) is 0 Å². The number of nitrogens with one attached hydrogen (secondary N) is 2. The Morgan fingerprint density at radius 2 is 1.75 bits per heavy atom. The van der Waals surface area contributed by atoms with Gasteiger partial charge in [0.05, 0.1) is 0 Å². The average molecular weight is 374 g/mol. The molecule has 3 rings (SSSR count). The van der Waals surface area contributed by atoms with E-state index in [2.05, 4.69) is 58.6 Å². The van der Waals surface area contributed by atoms with Crippen LogP contribution in [0.2, 0.25) is 0 Å². The number of hydrogen-bond acceptors (Lipinski definition) is 4. The molecule has 1 heterocycles. The van der Waals surface area contributed by atoms with E-state index in [1.165, 1.54) is 11.1 Å². The number of ether oxygens (including phenoxy) is 1. The summed E-state index contributed by atoms with van der Waals surface area (Å²) in [5.74, 6) is 1.35. The van der Waals surface area contributed by atoms with Gasteiger partial charge in [0.2, 0.25) is 5.88 Å². The zero-order chi connectivity index (χ0) is 19.6. The van der Waals surface area contributed by atoms with Gasteiger partial charge < -0.3 is 15.4 Å². The second kappa shape index (κ2) is 10.3. The van der Waals surface area contributed by atoms with Gasteiger partial charge in [-0.3, -0.25) is 0 Å². The molecule has 0 unspecified atom stereocenters.